The third kappa shape index (κ3) is 2.76. The molecule has 2 amide bonds. The Morgan fingerprint density at radius 1 is 1.47 bits per heavy atom. The smallest absolute Gasteiger partial charge is 0.253 e. The lowest BCUT2D eigenvalue weighted by Gasteiger charge is -2.18. The molecule has 0 aliphatic carbocycles. The fourth-order valence-corrected chi connectivity index (χ4v) is 2.22. The highest BCUT2D eigenvalue weighted by molar-refractivity contribution is 5.99. The van der Waals surface area contributed by atoms with E-state index in [1.807, 2.05) is 6.07 Å². The molecule has 102 valence electrons. The number of benzene rings is 1. The van der Waals surface area contributed by atoms with E-state index in [1.165, 1.54) is 4.90 Å². The van der Waals surface area contributed by atoms with E-state index in [4.69, 9.17) is 5.11 Å². The minimum absolute atomic E-state index is 0.00602. The molecule has 1 N–H and O–H groups in total. The Hall–Kier alpha value is -1.88. The van der Waals surface area contributed by atoms with Crippen LogP contribution in [-0.4, -0.2) is 49.1 Å². The summed E-state index contributed by atoms with van der Waals surface area (Å²) in [6, 6.07) is 7.03. The number of carbonyl (C=O) groups is 2. The lowest BCUT2D eigenvalue weighted by Crippen LogP contribution is -2.26. The molecule has 1 aliphatic rings. The zero-order valence-corrected chi connectivity index (χ0v) is 11.2. The van der Waals surface area contributed by atoms with E-state index < -0.39 is 0 Å². The molecule has 1 aromatic carbocycles. The van der Waals surface area contributed by atoms with E-state index in [9.17, 15) is 9.59 Å². The second-order valence-electron chi connectivity index (χ2n) is 5.01. The van der Waals surface area contributed by atoms with Crippen molar-refractivity contribution >= 4 is 17.5 Å². The molecule has 0 saturated carbocycles. The van der Waals surface area contributed by atoms with Crippen LogP contribution >= 0.6 is 0 Å². The maximum Gasteiger partial charge on any atom is 0.253 e. The minimum atomic E-state index is -0.0906. The summed E-state index contributed by atoms with van der Waals surface area (Å²) in [5.74, 6) is -0.110. The van der Waals surface area contributed by atoms with Gasteiger partial charge in [-0.25, -0.2) is 0 Å². The van der Waals surface area contributed by atoms with Crippen molar-refractivity contribution in [3.63, 3.8) is 0 Å². The number of aliphatic hydroxyl groups excluding tert-OH is 1. The molecule has 1 atom stereocenters. The minimum Gasteiger partial charge on any atom is -0.396 e. The molecule has 1 unspecified atom stereocenters. The predicted octanol–water partition coefficient (Wildman–Crippen LogP) is 0.734. The van der Waals surface area contributed by atoms with Gasteiger partial charge < -0.3 is 14.9 Å². The first kappa shape index (κ1) is 13.5. The zero-order valence-electron chi connectivity index (χ0n) is 11.2. The van der Waals surface area contributed by atoms with Crippen LogP contribution in [0.2, 0.25) is 0 Å². The SMILES string of the molecule is CN(C)C(=O)c1cccc(N2CC(CO)CC2=O)c1. The summed E-state index contributed by atoms with van der Waals surface area (Å²) in [6.45, 7) is 0.521. The van der Waals surface area contributed by atoms with E-state index in [1.54, 1.807) is 37.2 Å². The Labute approximate surface area is 112 Å². The van der Waals surface area contributed by atoms with E-state index in [-0.39, 0.29) is 24.3 Å². The van der Waals surface area contributed by atoms with Crippen molar-refractivity contribution in [2.24, 2.45) is 5.92 Å². The van der Waals surface area contributed by atoms with Crippen molar-refractivity contribution in [2.45, 2.75) is 6.42 Å². The van der Waals surface area contributed by atoms with Crippen molar-refractivity contribution in [1.29, 1.82) is 0 Å². The third-order valence-corrected chi connectivity index (χ3v) is 3.27. The average molecular weight is 262 g/mol. The first-order valence-electron chi connectivity index (χ1n) is 6.26. The van der Waals surface area contributed by atoms with Crippen LogP contribution in [0.15, 0.2) is 24.3 Å². The first-order chi connectivity index (χ1) is 9.02. The third-order valence-electron chi connectivity index (χ3n) is 3.27. The highest BCUT2D eigenvalue weighted by Gasteiger charge is 2.30. The summed E-state index contributed by atoms with van der Waals surface area (Å²) >= 11 is 0. The number of anilines is 1. The van der Waals surface area contributed by atoms with Crippen molar-refractivity contribution in [1.82, 2.24) is 4.90 Å². The maximum atomic E-state index is 11.9. The summed E-state index contributed by atoms with van der Waals surface area (Å²) in [6.07, 6.45) is 0.363. The summed E-state index contributed by atoms with van der Waals surface area (Å²) in [5.41, 5.74) is 1.27. The van der Waals surface area contributed by atoms with Gasteiger partial charge in [-0.05, 0) is 18.2 Å². The van der Waals surface area contributed by atoms with Crippen LogP contribution in [0.5, 0.6) is 0 Å². The molecule has 0 spiro atoms. The Morgan fingerprint density at radius 2 is 2.21 bits per heavy atom. The molecule has 5 heteroatoms. The highest BCUT2D eigenvalue weighted by atomic mass is 16.3. The molecule has 1 heterocycles. The van der Waals surface area contributed by atoms with Crippen molar-refractivity contribution in [3.8, 4) is 0 Å². The lowest BCUT2D eigenvalue weighted by molar-refractivity contribution is -0.117. The van der Waals surface area contributed by atoms with E-state index >= 15 is 0 Å². The lowest BCUT2D eigenvalue weighted by atomic mass is 10.1. The van der Waals surface area contributed by atoms with Crippen molar-refractivity contribution in [3.05, 3.63) is 29.8 Å². The second kappa shape index (κ2) is 5.40. The molecule has 0 bridgehead atoms. The van der Waals surface area contributed by atoms with Gasteiger partial charge in [0.15, 0.2) is 0 Å². The standard InChI is InChI=1S/C14H18N2O3/c1-15(2)14(19)11-4-3-5-12(7-11)16-8-10(9-17)6-13(16)18/h3-5,7,10,17H,6,8-9H2,1-2H3. The topological polar surface area (TPSA) is 60.9 Å². The molecule has 0 aromatic heterocycles. The Bertz CT molecular complexity index is 499. The number of hydrogen-bond acceptors (Lipinski definition) is 3. The monoisotopic (exact) mass is 262 g/mol. The zero-order chi connectivity index (χ0) is 14.0. The predicted molar refractivity (Wildman–Crippen MR) is 72.0 cm³/mol. The van der Waals surface area contributed by atoms with Crippen molar-refractivity contribution in [2.75, 3.05) is 32.1 Å². The quantitative estimate of drug-likeness (QED) is 0.873. The fourth-order valence-electron chi connectivity index (χ4n) is 2.22. The largest absolute Gasteiger partial charge is 0.396 e. The summed E-state index contributed by atoms with van der Waals surface area (Å²) in [5, 5.41) is 9.12. The number of carbonyl (C=O) groups excluding carboxylic acids is 2. The first-order valence-corrected chi connectivity index (χ1v) is 6.26. The molecule has 1 fully saturated rings. The van der Waals surface area contributed by atoms with E-state index in [2.05, 4.69) is 0 Å². The second-order valence-corrected chi connectivity index (χ2v) is 5.01. The molecule has 1 aliphatic heterocycles. The van der Waals surface area contributed by atoms with Crippen LogP contribution < -0.4 is 4.90 Å². The molecular formula is C14H18N2O3. The van der Waals surface area contributed by atoms with Crippen LogP contribution in [0, 0.1) is 5.92 Å². The number of hydrogen-bond donors (Lipinski definition) is 1. The summed E-state index contributed by atoms with van der Waals surface area (Å²) in [4.78, 5) is 26.9. The number of rotatable bonds is 3. The van der Waals surface area contributed by atoms with Gasteiger partial charge >= 0.3 is 0 Å². The molecule has 0 radical (unpaired) electrons. The average Bonchev–Trinajstić information content (AvgIpc) is 2.79. The van der Waals surface area contributed by atoms with Gasteiger partial charge in [0.2, 0.25) is 5.91 Å². The Morgan fingerprint density at radius 3 is 2.79 bits per heavy atom. The number of amides is 2. The fraction of sp³-hybridized carbons (Fsp3) is 0.429. The van der Waals surface area contributed by atoms with Gasteiger partial charge in [-0.3, -0.25) is 9.59 Å². The summed E-state index contributed by atoms with van der Waals surface area (Å²) in [7, 11) is 3.38. The normalized spacial score (nSPS) is 18.8. The van der Waals surface area contributed by atoms with Crippen molar-refractivity contribution < 1.29 is 14.7 Å². The maximum absolute atomic E-state index is 11.9. The Balaban J connectivity index is 2.24. The van der Waals surface area contributed by atoms with Crippen LogP contribution in [0.25, 0.3) is 0 Å². The van der Waals surface area contributed by atoms with Crippen LogP contribution in [0.3, 0.4) is 0 Å². The molecule has 1 aromatic rings. The van der Waals surface area contributed by atoms with E-state index in [0.29, 0.717) is 24.2 Å². The van der Waals surface area contributed by atoms with Gasteiger partial charge in [-0.15, -0.1) is 0 Å². The highest BCUT2D eigenvalue weighted by Crippen LogP contribution is 2.25. The Kier molecular flexibility index (Phi) is 3.85. The van der Waals surface area contributed by atoms with Gasteiger partial charge in [0.05, 0.1) is 0 Å². The van der Waals surface area contributed by atoms with Crippen LogP contribution in [-0.2, 0) is 4.79 Å². The molecule has 1 saturated heterocycles. The van der Waals surface area contributed by atoms with E-state index in [0.717, 1.165) is 0 Å². The van der Waals surface area contributed by atoms with Gasteiger partial charge in [0.25, 0.3) is 5.91 Å². The number of aliphatic hydroxyl groups is 1. The molecule has 5 nitrogen and oxygen atoms in total. The van der Waals surface area contributed by atoms with Crippen LogP contribution in [0.4, 0.5) is 5.69 Å². The molecule has 19 heavy (non-hydrogen) atoms. The van der Waals surface area contributed by atoms with Gasteiger partial charge in [-0.2, -0.15) is 0 Å². The number of nitrogens with zero attached hydrogens (tertiary/aromatic N) is 2. The molecular weight excluding hydrogens is 244 g/mol. The van der Waals surface area contributed by atoms with Gasteiger partial charge in [0.1, 0.15) is 0 Å². The molecule has 2 rings (SSSR count). The van der Waals surface area contributed by atoms with Crippen LogP contribution in [0.1, 0.15) is 16.8 Å². The summed E-state index contributed by atoms with van der Waals surface area (Å²) < 4.78 is 0. The van der Waals surface area contributed by atoms with Gasteiger partial charge in [-0.1, -0.05) is 6.07 Å². The van der Waals surface area contributed by atoms with Gasteiger partial charge in [0, 0.05) is 50.8 Å².